The number of nitrogens with one attached hydrogen (secondary N) is 1. The predicted octanol–water partition coefficient (Wildman–Crippen LogP) is 5.16. The summed E-state index contributed by atoms with van der Waals surface area (Å²) < 4.78 is 12.0. The van der Waals surface area contributed by atoms with Crippen molar-refractivity contribution in [3.8, 4) is 0 Å². The van der Waals surface area contributed by atoms with E-state index in [2.05, 4.69) is 15.2 Å². The number of ether oxygens (including phenoxy) is 2. The highest BCUT2D eigenvalue weighted by molar-refractivity contribution is 6.02. The summed E-state index contributed by atoms with van der Waals surface area (Å²) in [4.78, 5) is 30.8. The Morgan fingerprint density at radius 2 is 1.95 bits per heavy atom. The first-order valence-corrected chi connectivity index (χ1v) is 13.1. The Kier molecular flexibility index (Phi) is 7.49. The average Bonchev–Trinajstić information content (AvgIpc) is 3.37. The molecule has 2 aromatic rings. The van der Waals surface area contributed by atoms with Crippen molar-refractivity contribution in [2.24, 2.45) is 5.92 Å². The van der Waals surface area contributed by atoms with Gasteiger partial charge in [-0.15, -0.1) is 0 Å². The monoisotopic (exact) mass is 515 g/mol. The van der Waals surface area contributed by atoms with Crippen LogP contribution in [0.1, 0.15) is 44.6 Å². The largest absolute Gasteiger partial charge is 0.498 e. The van der Waals surface area contributed by atoms with Crippen molar-refractivity contribution < 1.29 is 24.2 Å². The third-order valence-electron chi connectivity index (χ3n) is 7.39. The normalized spacial score (nSPS) is 21.6. The molecule has 8 heteroatoms. The number of rotatable bonds is 8. The molecular weight excluding hydrogens is 482 g/mol. The van der Waals surface area contributed by atoms with Crippen molar-refractivity contribution in [2.75, 3.05) is 29.9 Å². The second kappa shape index (κ2) is 11.1. The van der Waals surface area contributed by atoms with Crippen LogP contribution in [0.3, 0.4) is 0 Å². The molecule has 38 heavy (non-hydrogen) atoms. The average molecular weight is 516 g/mol. The van der Waals surface area contributed by atoms with Crippen LogP contribution in [0.5, 0.6) is 0 Å². The summed E-state index contributed by atoms with van der Waals surface area (Å²) in [5.74, 6) is 1.19. The number of hydrogen-bond acceptors (Lipinski definition) is 6. The van der Waals surface area contributed by atoms with Gasteiger partial charge in [0.15, 0.2) is 5.76 Å². The maximum Gasteiger partial charge on any atom is 0.335 e. The molecule has 1 aliphatic carbocycles. The van der Waals surface area contributed by atoms with Crippen LogP contribution in [0.2, 0.25) is 0 Å². The van der Waals surface area contributed by atoms with Gasteiger partial charge in [-0.05, 0) is 62.0 Å². The van der Waals surface area contributed by atoms with Crippen molar-refractivity contribution in [3.05, 3.63) is 89.5 Å². The fraction of sp³-hybridized carbons (Fsp3) is 0.367. The van der Waals surface area contributed by atoms with Crippen molar-refractivity contribution in [3.63, 3.8) is 0 Å². The zero-order chi connectivity index (χ0) is 26.5. The topological polar surface area (TPSA) is 101 Å². The number of carboxylic acids is 1. The van der Waals surface area contributed by atoms with E-state index in [4.69, 9.17) is 14.6 Å². The van der Waals surface area contributed by atoms with Gasteiger partial charge >= 0.3 is 5.97 Å². The minimum atomic E-state index is -0.910. The van der Waals surface area contributed by atoms with Crippen LogP contribution in [0.4, 0.5) is 11.5 Å². The summed E-state index contributed by atoms with van der Waals surface area (Å²) in [6.45, 7) is 4.33. The van der Waals surface area contributed by atoms with E-state index >= 15 is 0 Å². The van der Waals surface area contributed by atoms with E-state index in [1.54, 1.807) is 18.3 Å². The van der Waals surface area contributed by atoms with Gasteiger partial charge in [-0.1, -0.05) is 36.4 Å². The van der Waals surface area contributed by atoms with E-state index in [-0.39, 0.29) is 5.91 Å². The van der Waals surface area contributed by atoms with Gasteiger partial charge in [0.25, 0.3) is 5.91 Å². The fourth-order valence-electron chi connectivity index (χ4n) is 5.05. The van der Waals surface area contributed by atoms with Crippen LogP contribution in [0, 0.1) is 5.92 Å². The zero-order valence-corrected chi connectivity index (χ0v) is 21.6. The third kappa shape index (κ3) is 5.90. The maximum absolute atomic E-state index is 12.8. The van der Waals surface area contributed by atoms with E-state index < -0.39 is 11.6 Å². The van der Waals surface area contributed by atoms with Gasteiger partial charge in [-0.25, -0.2) is 9.78 Å². The highest BCUT2D eigenvalue weighted by atomic mass is 16.5. The number of aromatic nitrogens is 1. The molecule has 0 radical (unpaired) electrons. The third-order valence-corrected chi connectivity index (χ3v) is 7.39. The highest BCUT2D eigenvalue weighted by Gasteiger charge is 2.35. The molecule has 2 N–H and O–H groups in total. The number of allylic oxidation sites excluding steroid dienone is 2. The number of carbonyl (C=O) groups is 2. The lowest BCUT2D eigenvalue weighted by Crippen LogP contribution is -2.35. The van der Waals surface area contributed by atoms with E-state index in [0.717, 1.165) is 49.5 Å². The second-order valence-electron chi connectivity index (χ2n) is 10.2. The summed E-state index contributed by atoms with van der Waals surface area (Å²) in [6.07, 6.45) is 10.9. The molecule has 3 aliphatic rings. The molecule has 3 heterocycles. The number of hydrogen-bond donors (Lipinski definition) is 2. The molecule has 2 aliphatic heterocycles. The van der Waals surface area contributed by atoms with Crippen LogP contribution in [-0.4, -0.2) is 41.7 Å². The number of carboxylic acid groups (broad SMARTS) is 1. The molecule has 1 aromatic heterocycles. The van der Waals surface area contributed by atoms with Crippen LogP contribution in [0.15, 0.2) is 84.0 Å². The van der Waals surface area contributed by atoms with E-state index in [0.29, 0.717) is 42.4 Å². The Labute approximate surface area is 222 Å². The Balaban J connectivity index is 1.08. The lowest BCUT2D eigenvalue weighted by molar-refractivity contribution is -0.132. The number of benzene rings is 1. The fourth-order valence-corrected chi connectivity index (χ4v) is 5.05. The van der Waals surface area contributed by atoms with Gasteiger partial charge in [0.1, 0.15) is 11.4 Å². The lowest BCUT2D eigenvalue weighted by Gasteiger charge is -2.33. The van der Waals surface area contributed by atoms with Gasteiger partial charge < -0.3 is 24.8 Å². The summed E-state index contributed by atoms with van der Waals surface area (Å²) >= 11 is 0. The van der Waals surface area contributed by atoms with Crippen LogP contribution >= 0.6 is 0 Å². The molecule has 0 bridgehead atoms. The van der Waals surface area contributed by atoms with Crippen LogP contribution in [-0.2, 0) is 24.7 Å². The highest BCUT2D eigenvalue weighted by Crippen LogP contribution is 2.37. The van der Waals surface area contributed by atoms with E-state index in [1.165, 1.54) is 0 Å². The first-order chi connectivity index (χ1) is 18.4. The maximum atomic E-state index is 12.8. The summed E-state index contributed by atoms with van der Waals surface area (Å²) in [7, 11) is 0. The van der Waals surface area contributed by atoms with Crippen LogP contribution in [0.25, 0.3) is 0 Å². The van der Waals surface area contributed by atoms with Gasteiger partial charge in [-0.2, -0.15) is 0 Å². The summed E-state index contributed by atoms with van der Waals surface area (Å²) in [5, 5.41) is 12.1. The first-order valence-electron chi connectivity index (χ1n) is 13.1. The van der Waals surface area contributed by atoms with Crippen LogP contribution < -0.4 is 10.2 Å². The quantitative estimate of drug-likeness (QED) is 0.501. The summed E-state index contributed by atoms with van der Waals surface area (Å²) in [6, 6.07) is 13.7. The number of amides is 1. The zero-order valence-electron chi connectivity index (χ0n) is 21.6. The van der Waals surface area contributed by atoms with Crippen molar-refractivity contribution in [2.45, 2.75) is 44.6 Å². The number of nitrogens with zero attached hydrogens (tertiary/aromatic N) is 2. The van der Waals surface area contributed by atoms with Crippen molar-refractivity contribution >= 4 is 23.4 Å². The van der Waals surface area contributed by atoms with Gasteiger partial charge in [-0.3, -0.25) is 4.79 Å². The molecule has 198 valence electrons. The molecule has 1 aromatic carbocycles. The number of anilines is 2. The van der Waals surface area contributed by atoms with E-state index in [1.807, 2.05) is 55.5 Å². The SMILES string of the molecule is CC1(c2ccccc2)CC=C(C(=O)Nc2ccc(N3CCC(COC4=CC(C(=O)O)=CCC4)CC3)nc2)O1. The van der Waals surface area contributed by atoms with E-state index in [9.17, 15) is 9.59 Å². The second-order valence-corrected chi connectivity index (χ2v) is 10.2. The molecule has 1 unspecified atom stereocenters. The molecule has 1 saturated heterocycles. The Morgan fingerprint density at radius 3 is 2.66 bits per heavy atom. The summed E-state index contributed by atoms with van der Waals surface area (Å²) in [5.41, 5.74) is 1.43. The first kappa shape index (κ1) is 25.6. The molecule has 0 saturated carbocycles. The molecular formula is C30H33N3O5. The molecule has 1 amide bonds. The molecule has 1 atom stereocenters. The van der Waals surface area contributed by atoms with Gasteiger partial charge in [0.05, 0.1) is 29.8 Å². The van der Waals surface area contributed by atoms with Crippen molar-refractivity contribution in [1.29, 1.82) is 0 Å². The molecule has 1 fully saturated rings. The minimum absolute atomic E-state index is 0.279. The molecule has 5 rings (SSSR count). The Bertz CT molecular complexity index is 1260. The number of carbonyl (C=O) groups excluding carboxylic acids is 1. The lowest BCUT2D eigenvalue weighted by atomic mass is 9.94. The smallest absolute Gasteiger partial charge is 0.335 e. The van der Waals surface area contributed by atoms with Gasteiger partial charge in [0.2, 0.25) is 0 Å². The van der Waals surface area contributed by atoms with Gasteiger partial charge in [0, 0.05) is 25.9 Å². The number of pyridine rings is 1. The molecule has 0 spiro atoms. The standard InChI is InChI=1S/C30H33N3O5/c1-30(23-7-3-2-4-8-23)15-12-26(38-30)28(34)32-24-10-11-27(31-19-24)33-16-13-21(14-17-33)20-37-25-9-5-6-22(18-25)29(35)36/h2-4,6-8,10-12,18-19,21H,5,9,13-17,20H2,1H3,(H,32,34)(H,35,36). The molecule has 8 nitrogen and oxygen atoms in total. The Morgan fingerprint density at radius 1 is 1.16 bits per heavy atom. The number of aliphatic carboxylic acids is 1. The van der Waals surface area contributed by atoms with Crippen molar-refractivity contribution in [1.82, 2.24) is 4.98 Å². The minimum Gasteiger partial charge on any atom is -0.498 e. The Hall–Kier alpha value is -4.07. The predicted molar refractivity (Wildman–Crippen MR) is 144 cm³/mol. The number of piperidine rings is 1.